The standard InChI is InChI=1S/C49H95N2O7P/c1-3-5-7-9-11-13-15-17-19-21-22-23-24-25-27-29-31-33-35-37-39-41-48(53)47(45-58-59(55,56)57-43-42-50)51-49(54)44-46(52)40-38-36-34-32-30-28-26-20-18-16-14-12-10-8-6-4-2/h24-25,31,33,39,41,46-48,52-53H,3-23,26-30,32,34-38,40,42-45,50H2,1-2H3,(H,51,54)(H,55,56)/b25-24+,33-31+,41-39+. The van der Waals surface area contributed by atoms with Gasteiger partial charge in [0.1, 0.15) is 0 Å². The molecule has 0 bridgehead atoms. The summed E-state index contributed by atoms with van der Waals surface area (Å²) in [7, 11) is -4.41. The second-order valence-electron chi connectivity index (χ2n) is 16.9. The van der Waals surface area contributed by atoms with E-state index in [1.54, 1.807) is 6.08 Å². The number of nitrogens with two attached hydrogens (primary N) is 1. The lowest BCUT2D eigenvalue weighted by molar-refractivity contribution is -0.124. The first kappa shape index (κ1) is 57.7. The molecule has 59 heavy (non-hydrogen) atoms. The van der Waals surface area contributed by atoms with Gasteiger partial charge in [0.05, 0.1) is 37.9 Å². The molecule has 0 aliphatic carbocycles. The zero-order valence-corrected chi connectivity index (χ0v) is 39.3. The van der Waals surface area contributed by atoms with Crippen molar-refractivity contribution in [1.29, 1.82) is 0 Å². The fourth-order valence-electron chi connectivity index (χ4n) is 7.27. The Bertz CT molecular complexity index is 1040. The molecule has 0 saturated heterocycles. The molecular formula is C49H95N2O7P. The molecule has 0 aliphatic rings. The zero-order valence-electron chi connectivity index (χ0n) is 38.4. The van der Waals surface area contributed by atoms with Crippen molar-refractivity contribution in [3.8, 4) is 0 Å². The van der Waals surface area contributed by atoms with E-state index in [-0.39, 0.29) is 19.6 Å². The van der Waals surface area contributed by atoms with Crippen LogP contribution in [0.4, 0.5) is 0 Å². The lowest BCUT2D eigenvalue weighted by Crippen LogP contribution is -2.46. The number of hydrogen-bond donors (Lipinski definition) is 5. The average molecular weight is 855 g/mol. The molecule has 348 valence electrons. The van der Waals surface area contributed by atoms with Crippen molar-refractivity contribution < 1.29 is 33.5 Å². The van der Waals surface area contributed by atoms with Crippen LogP contribution < -0.4 is 11.1 Å². The number of nitrogens with one attached hydrogen (secondary N) is 1. The van der Waals surface area contributed by atoms with Gasteiger partial charge in [0.25, 0.3) is 0 Å². The fraction of sp³-hybridized carbons (Fsp3) is 0.857. The number of amides is 1. The molecule has 0 aromatic heterocycles. The minimum Gasteiger partial charge on any atom is -0.393 e. The second-order valence-corrected chi connectivity index (χ2v) is 18.3. The van der Waals surface area contributed by atoms with Crippen molar-refractivity contribution in [3.63, 3.8) is 0 Å². The van der Waals surface area contributed by atoms with Crippen molar-refractivity contribution in [1.82, 2.24) is 5.32 Å². The number of aliphatic hydroxyl groups excluding tert-OH is 2. The average Bonchev–Trinajstić information content (AvgIpc) is 3.21. The van der Waals surface area contributed by atoms with E-state index in [1.165, 1.54) is 154 Å². The van der Waals surface area contributed by atoms with Crippen LogP contribution in [0.1, 0.15) is 232 Å². The van der Waals surface area contributed by atoms with Crippen LogP contribution in [0.15, 0.2) is 36.5 Å². The van der Waals surface area contributed by atoms with Gasteiger partial charge < -0.3 is 26.2 Å². The summed E-state index contributed by atoms with van der Waals surface area (Å²) < 4.78 is 22.1. The predicted octanol–water partition coefficient (Wildman–Crippen LogP) is 13.3. The lowest BCUT2D eigenvalue weighted by Gasteiger charge is -2.24. The number of phosphoric acid groups is 1. The molecule has 0 aromatic rings. The summed E-state index contributed by atoms with van der Waals surface area (Å²) in [5.41, 5.74) is 5.37. The summed E-state index contributed by atoms with van der Waals surface area (Å²) in [4.78, 5) is 22.8. The molecule has 4 atom stereocenters. The van der Waals surface area contributed by atoms with Crippen LogP contribution in [0.2, 0.25) is 0 Å². The van der Waals surface area contributed by atoms with Gasteiger partial charge in [-0.2, -0.15) is 0 Å². The van der Waals surface area contributed by atoms with E-state index in [0.29, 0.717) is 12.8 Å². The number of allylic oxidation sites excluding steroid dienone is 5. The van der Waals surface area contributed by atoms with Crippen molar-refractivity contribution in [2.45, 2.75) is 250 Å². The minimum absolute atomic E-state index is 0.0430. The number of rotatable bonds is 46. The van der Waals surface area contributed by atoms with Crippen LogP contribution in [0.25, 0.3) is 0 Å². The van der Waals surface area contributed by atoms with Gasteiger partial charge in [-0.3, -0.25) is 13.8 Å². The minimum atomic E-state index is -4.41. The highest BCUT2D eigenvalue weighted by molar-refractivity contribution is 7.47. The molecule has 6 N–H and O–H groups in total. The Morgan fingerprint density at radius 2 is 0.966 bits per heavy atom. The molecule has 0 aliphatic heterocycles. The monoisotopic (exact) mass is 855 g/mol. The van der Waals surface area contributed by atoms with E-state index in [9.17, 15) is 24.5 Å². The molecule has 10 heteroatoms. The number of hydrogen-bond acceptors (Lipinski definition) is 7. The molecule has 0 heterocycles. The van der Waals surface area contributed by atoms with Gasteiger partial charge in [-0.15, -0.1) is 0 Å². The van der Waals surface area contributed by atoms with Crippen LogP contribution in [-0.4, -0.2) is 59.0 Å². The highest BCUT2D eigenvalue weighted by atomic mass is 31.2. The first-order valence-electron chi connectivity index (χ1n) is 24.7. The quantitative estimate of drug-likeness (QED) is 0.0231. The van der Waals surface area contributed by atoms with Gasteiger partial charge >= 0.3 is 7.82 Å². The van der Waals surface area contributed by atoms with Gasteiger partial charge in [-0.25, -0.2) is 4.57 Å². The normalized spacial score (nSPS) is 14.7. The summed E-state index contributed by atoms with van der Waals surface area (Å²) in [5.74, 6) is -0.457. The Balaban J connectivity index is 4.30. The van der Waals surface area contributed by atoms with Gasteiger partial charge in [-0.05, 0) is 44.9 Å². The summed E-state index contributed by atoms with van der Waals surface area (Å²) in [5, 5.41) is 24.1. The number of carbonyl (C=O) groups excluding carboxylic acids is 1. The van der Waals surface area contributed by atoms with E-state index >= 15 is 0 Å². The lowest BCUT2D eigenvalue weighted by atomic mass is 10.0. The first-order chi connectivity index (χ1) is 28.8. The molecule has 0 spiro atoms. The molecule has 0 fully saturated rings. The van der Waals surface area contributed by atoms with Gasteiger partial charge in [-0.1, -0.05) is 217 Å². The Labute approximate surface area is 363 Å². The van der Waals surface area contributed by atoms with Gasteiger partial charge in [0.15, 0.2) is 0 Å². The summed E-state index contributed by atoms with van der Waals surface area (Å²) in [6.45, 7) is 3.97. The maximum atomic E-state index is 12.8. The molecule has 0 aromatic carbocycles. The van der Waals surface area contributed by atoms with Gasteiger partial charge in [0.2, 0.25) is 5.91 Å². The van der Waals surface area contributed by atoms with Crippen LogP contribution in [0.3, 0.4) is 0 Å². The third-order valence-electron chi connectivity index (χ3n) is 11.0. The number of aliphatic hydroxyl groups is 2. The first-order valence-corrected chi connectivity index (χ1v) is 26.2. The van der Waals surface area contributed by atoms with Crippen LogP contribution in [0, 0.1) is 0 Å². The fourth-order valence-corrected chi connectivity index (χ4v) is 8.03. The number of phosphoric ester groups is 1. The van der Waals surface area contributed by atoms with Gasteiger partial charge in [0, 0.05) is 6.54 Å². The maximum Gasteiger partial charge on any atom is 0.472 e. The van der Waals surface area contributed by atoms with Crippen LogP contribution in [0.5, 0.6) is 0 Å². The van der Waals surface area contributed by atoms with E-state index in [0.717, 1.165) is 44.9 Å². The van der Waals surface area contributed by atoms with E-state index in [4.69, 9.17) is 14.8 Å². The molecule has 1 amide bonds. The largest absolute Gasteiger partial charge is 0.472 e. The van der Waals surface area contributed by atoms with Crippen LogP contribution >= 0.6 is 7.82 Å². The van der Waals surface area contributed by atoms with E-state index < -0.39 is 38.6 Å². The highest BCUT2D eigenvalue weighted by Crippen LogP contribution is 2.43. The van der Waals surface area contributed by atoms with E-state index in [2.05, 4.69) is 43.5 Å². The van der Waals surface area contributed by atoms with Crippen molar-refractivity contribution in [2.24, 2.45) is 5.73 Å². The summed E-state index contributed by atoms with van der Waals surface area (Å²) in [6.07, 6.45) is 51.0. The molecule has 9 nitrogen and oxygen atoms in total. The maximum absolute atomic E-state index is 12.8. The third kappa shape index (κ3) is 43.1. The number of unbranched alkanes of at least 4 members (excludes halogenated alkanes) is 28. The summed E-state index contributed by atoms with van der Waals surface area (Å²) in [6, 6.07) is -1.00. The van der Waals surface area contributed by atoms with Crippen molar-refractivity contribution in [3.05, 3.63) is 36.5 Å². The number of carbonyl (C=O) groups is 1. The molecular weight excluding hydrogens is 760 g/mol. The second kappa shape index (κ2) is 44.7. The Hall–Kier alpha value is -1.32. The van der Waals surface area contributed by atoms with E-state index in [1.807, 2.05) is 6.08 Å². The molecule has 0 radical (unpaired) electrons. The third-order valence-corrected chi connectivity index (χ3v) is 12.0. The molecule has 4 unspecified atom stereocenters. The SMILES string of the molecule is CCCCCCCCCCCCC/C=C/CC/C=C/CC/C=C/C(O)C(COP(=O)(O)OCCN)NC(=O)CC(O)CCCCCCCCCCCCCCCCCC. The summed E-state index contributed by atoms with van der Waals surface area (Å²) >= 11 is 0. The Kier molecular flexibility index (Phi) is 43.7. The molecule has 0 saturated carbocycles. The highest BCUT2D eigenvalue weighted by Gasteiger charge is 2.27. The zero-order chi connectivity index (χ0) is 43.3. The topological polar surface area (TPSA) is 151 Å². The van der Waals surface area contributed by atoms with Crippen molar-refractivity contribution >= 4 is 13.7 Å². The smallest absolute Gasteiger partial charge is 0.393 e. The Morgan fingerprint density at radius 3 is 1.41 bits per heavy atom. The Morgan fingerprint density at radius 1 is 0.576 bits per heavy atom. The van der Waals surface area contributed by atoms with Crippen molar-refractivity contribution in [2.75, 3.05) is 19.8 Å². The van der Waals surface area contributed by atoms with Crippen LogP contribution in [-0.2, 0) is 18.4 Å². The molecule has 0 rings (SSSR count). The predicted molar refractivity (Wildman–Crippen MR) is 250 cm³/mol.